The van der Waals surface area contributed by atoms with Crippen LogP contribution in [0.15, 0.2) is 75.7 Å². The molecule has 1 amide bonds. The van der Waals surface area contributed by atoms with Gasteiger partial charge in [0.05, 0.1) is 10.0 Å². The maximum absolute atomic E-state index is 12.7. The number of nitrogens with zero attached hydrogens (tertiary/aromatic N) is 2. The van der Waals surface area contributed by atoms with E-state index in [1.807, 2.05) is 25.1 Å². The molecule has 3 heterocycles. The van der Waals surface area contributed by atoms with Crippen LogP contribution in [0.1, 0.15) is 16.1 Å². The highest BCUT2D eigenvalue weighted by Gasteiger charge is 2.18. The highest BCUT2D eigenvalue weighted by molar-refractivity contribution is 7.80. The lowest BCUT2D eigenvalue weighted by Gasteiger charge is -2.13. The third-order valence-electron chi connectivity index (χ3n) is 5.25. The number of hydrogen-bond donors (Lipinski definition) is 2. The molecule has 0 unspecified atom stereocenters. The Bertz CT molecular complexity index is 1560. The number of pyridine rings is 1. The van der Waals surface area contributed by atoms with E-state index in [1.54, 1.807) is 42.6 Å². The Hall–Kier alpha value is -3.72. The number of amides is 1. The number of carbonyl (C=O) groups is 1. The third-order valence-corrected chi connectivity index (χ3v) is 6.27. The number of carbonyl (C=O) groups excluding carboxylic acids is 1. The summed E-state index contributed by atoms with van der Waals surface area (Å²) in [4.78, 5) is 21.4. The topological polar surface area (TPSA) is 93.2 Å². The van der Waals surface area contributed by atoms with Crippen LogP contribution in [0.3, 0.4) is 0 Å². The van der Waals surface area contributed by atoms with E-state index >= 15 is 0 Å². The second-order valence-electron chi connectivity index (χ2n) is 7.50. The molecule has 0 bridgehead atoms. The summed E-state index contributed by atoms with van der Waals surface area (Å²) >= 11 is 17.7. The van der Waals surface area contributed by atoms with Gasteiger partial charge in [-0.05, 0) is 73.2 Å². The molecule has 5 rings (SSSR count). The zero-order chi connectivity index (χ0) is 24.5. The molecule has 0 fully saturated rings. The minimum absolute atomic E-state index is 0.0737. The molecule has 0 saturated heterocycles. The fraction of sp³-hybridized carbons (Fsp3) is 0.0400. The molecule has 35 heavy (non-hydrogen) atoms. The van der Waals surface area contributed by atoms with E-state index in [0.29, 0.717) is 44.2 Å². The summed E-state index contributed by atoms with van der Waals surface area (Å²) in [5, 5.41) is 6.51. The normalized spacial score (nSPS) is 10.9. The fourth-order valence-electron chi connectivity index (χ4n) is 3.50. The van der Waals surface area contributed by atoms with Crippen LogP contribution in [0, 0.1) is 6.92 Å². The number of halogens is 2. The first-order valence-corrected chi connectivity index (χ1v) is 11.5. The summed E-state index contributed by atoms with van der Waals surface area (Å²) in [6.07, 6.45) is 1.66. The number of benzene rings is 2. The van der Waals surface area contributed by atoms with Crippen molar-refractivity contribution in [2.45, 2.75) is 6.92 Å². The van der Waals surface area contributed by atoms with Crippen LogP contribution in [0.4, 0.5) is 5.69 Å². The summed E-state index contributed by atoms with van der Waals surface area (Å²) in [6, 6.07) is 17.5. The van der Waals surface area contributed by atoms with Gasteiger partial charge in [0, 0.05) is 23.0 Å². The molecule has 0 aliphatic heterocycles. The van der Waals surface area contributed by atoms with E-state index in [4.69, 9.17) is 44.3 Å². The zero-order valence-electron chi connectivity index (χ0n) is 18.1. The van der Waals surface area contributed by atoms with Gasteiger partial charge >= 0.3 is 0 Å². The first-order valence-electron chi connectivity index (χ1n) is 10.4. The lowest BCUT2D eigenvalue weighted by atomic mass is 10.1. The van der Waals surface area contributed by atoms with Crippen LogP contribution in [-0.4, -0.2) is 21.0 Å². The van der Waals surface area contributed by atoms with Gasteiger partial charge in [-0.25, -0.2) is 4.98 Å². The Kier molecular flexibility index (Phi) is 6.25. The van der Waals surface area contributed by atoms with Gasteiger partial charge in [0.1, 0.15) is 5.76 Å². The Balaban J connectivity index is 1.31. The molecule has 0 saturated carbocycles. The Labute approximate surface area is 215 Å². The summed E-state index contributed by atoms with van der Waals surface area (Å²) < 4.78 is 11.5. The molecule has 0 aliphatic carbocycles. The molecule has 7 nitrogen and oxygen atoms in total. The van der Waals surface area contributed by atoms with Crippen LogP contribution >= 0.6 is 35.4 Å². The smallest absolute Gasteiger partial charge is 0.293 e. The minimum Gasteiger partial charge on any atom is -0.451 e. The van der Waals surface area contributed by atoms with Gasteiger partial charge in [0.15, 0.2) is 22.1 Å². The summed E-state index contributed by atoms with van der Waals surface area (Å²) in [7, 11) is 0. The van der Waals surface area contributed by atoms with Crippen molar-refractivity contribution in [1.82, 2.24) is 15.3 Å². The van der Waals surface area contributed by atoms with Crippen LogP contribution in [-0.2, 0) is 0 Å². The van der Waals surface area contributed by atoms with E-state index in [9.17, 15) is 4.79 Å². The molecule has 0 aliphatic rings. The highest BCUT2D eigenvalue weighted by atomic mass is 35.5. The number of aromatic nitrogens is 2. The third kappa shape index (κ3) is 4.64. The van der Waals surface area contributed by atoms with Crippen molar-refractivity contribution in [3.63, 3.8) is 0 Å². The van der Waals surface area contributed by atoms with Gasteiger partial charge in [-0.1, -0.05) is 35.3 Å². The minimum atomic E-state index is -0.509. The first-order chi connectivity index (χ1) is 16.9. The number of rotatable bonds is 4. The van der Waals surface area contributed by atoms with E-state index in [0.717, 1.165) is 11.1 Å². The van der Waals surface area contributed by atoms with E-state index in [2.05, 4.69) is 20.6 Å². The van der Waals surface area contributed by atoms with Crippen LogP contribution in [0.2, 0.25) is 10.0 Å². The molecule has 10 heteroatoms. The second-order valence-corrected chi connectivity index (χ2v) is 8.69. The van der Waals surface area contributed by atoms with E-state index in [-0.39, 0.29) is 10.9 Å². The monoisotopic (exact) mass is 522 g/mol. The number of fused-ring (bicyclic) bond motifs is 1. The van der Waals surface area contributed by atoms with Crippen molar-refractivity contribution in [3.8, 4) is 22.8 Å². The van der Waals surface area contributed by atoms with Gasteiger partial charge in [-0.15, -0.1) is 0 Å². The van der Waals surface area contributed by atoms with E-state index < -0.39 is 5.91 Å². The first kappa shape index (κ1) is 23.0. The molecule has 2 aromatic carbocycles. The molecule has 3 aromatic heterocycles. The van der Waals surface area contributed by atoms with Crippen molar-refractivity contribution in [2.75, 3.05) is 5.32 Å². The molecule has 0 spiro atoms. The van der Waals surface area contributed by atoms with Gasteiger partial charge in [-0.2, -0.15) is 4.98 Å². The maximum Gasteiger partial charge on any atom is 0.293 e. The SMILES string of the molecule is Cc1c(NC(=S)NC(=O)c2ccc(-c3cccc(Cl)c3Cl)o2)cccc1-c1nc2ncccc2o1. The number of oxazole rings is 1. The Morgan fingerprint density at radius 2 is 1.77 bits per heavy atom. The quantitative estimate of drug-likeness (QED) is 0.248. The number of thiocarbonyl (C=S) groups is 1. The molecule has 2 N–H and O–H groups in total. The predicted molar refractivity (Wildman–Crippen MR) is 140 cm³/mol. The average Bonchev–Trinajstić information content (AvgIpc) is 3.50. The molecule has 174 valence electrons. The summed E-state index contributed by atoms with van der Waals surface area (Å²) in [6.45, 7) is 1.90. The lowest BCUT2D eigenvalue weighted by Crippen LogP contribution is -2.34. The Morgan fingerprint density at radius 3 is 2.60 bits per heavy atom. The van der Waals surface area contributed by atoms with Crippen LogP contribution < -0.4 is 10.6 Å². The summed E-state index contributed by atoms with van der Waals surface area (Å²) in [5.41, 5.74) is 4.01. The number of furan rings is 1. The number of anilines is 1. The fourth-order valence-corrected chi connectivity index (χ4v) is 4.10. The molecule has 0 atom stereocenters. The van der Waals surface area contributed by atoms with Gasteiger partial charge in [-0.3, -0.25) is 10.1 Å². The predicted octanol–water partition coefficient (Wildman–Crippen LogP) is 6.89. The molecular formula is C25H16Cl2N4O3S. The average molecular weight is 523 g/mol. The second kappa shape index (κ2) is 9.50. The lowest BCUT2D eigenvalue weighted by molar-refractivity contribution is 0.0951. The van der Waals surface area contributed by atoms with Crippen molar-refractivity contribution < 1.29 is 13.6 Å². The largest absolute Gasteiger partial charge is 0.451 e. The summed E-state index contributed by atoms with van der Waals surface area (Å²) in [5.74, 6) is 0.422. The van der Waals surface area contributed by atoms with Crippen molar-refractivity contribution in [2.24, 2.45) is 0 Å². The van der Waals surface area contributed by atoms with Crippen molar-refractivity contribution in [1.29, 1.82) is 0 Å². The van der Waals surface area contributed by atoms with Gasteiger partial charge in [0.2, 0.25) is 5.89 Å². The van der Waals surface area contributed by atoms with Gasteiger partial charge in [0.25, 0.3) is 5.91 Å². The standard InChI is InChI=1S/C25H16Cl2N4O3S/c1-13-14(24-30-22-19(34-24)9-4-12-28-22)5-3-8-17(13)29-25(35)31-23(32)20-11-10-18(33-20)15-6-2-7-16(26)21(15)27/h2-12H,1H3,(H2,29,31,32,35). The highest BCUT2D eigenvalue weighted by Crippen LogP contribution is 2.34. The number of nitrogens with one attached hydrogen (secondary N) is 2. The molecule has 0 radical (unpaired) electrons. The van der Waals surface area contributed by atoms with Crippen molar-refractivity contribution >= 4 is 63.4 Å². The number of hydrogen-bond acceptors (Lipinski definition) is 6. The molecule has 5 aromatic rings. The zero-order valence-corrected chi connectivity index (χ0v) is 20.5. The van der Waals surface area contributed by atoms with Crippen LogP contribution in [0.5, 0.6) is 0 Å². The van der Waals surface area contributed by atoms with Crippen molar-refractivity contribution in [3.05, 3.63) is 88.2 Å². The maximum atomic E-state index is 12.7. The van der Waals surface area contributed by atoms with Gasteiger partial charge < -0.3 is 14.2 Å². The van der Waals surface area contributed by atoms with Crippen LogP contribution in [0.25, 0.3) is 34.0 Å². The van der Waals surface area contributed by atoms with E-state index in [1.165, 1.54) is 6.07 Å². The Morgan fingerprint density at radius 1 is 0.971 bits per heavy atom. The molecular weight excluding hydrogens is 507 g/mol.